The minimum atomic E-state index is -0.186. The quantitative estimate of drug-likeness (QED) is 0.480. The van der Waals surface area contributed by atoms with Crippen LogP contribution in [-0.4, -0.2) is 20.9 Å². The lowest BCUT2D eigenvalue weighted by Gasteiger charge is -2.08. The molecule has 0 aliphatic carbocycles. The first kappa shape index (κ1) is 21.7. The predicted molar refractivity (Wildman–Crippen MR) is 122 cm³/mol. The van der Waals surface area contributed by atoms with Crippen LogP contribution in [0.15, 0.2) is 82.7 Å². The van der Waals surface area contributed by atoms with E-state index in [0.29, 0.717) is 28.4 Å². The first-order valence-corrected chi connectivity index (χ1v) is 10.5. The van der Waals surface area contributed by atoms with Gasteiger partial charge in [0.1, 0.15) is 11.4 Å². The molecule has 0 atom stereocenters. The number of allylic oxidation sites excluding steroid dienone is 2. The molecule has 2 aromatic rings. The molecule has 0 radical (unpaired) electrons. The highest BCUT2D eigenvalue weighted by Crippen LogP contribution is 2.22. The number of aliphatic imine (C=N–C) groups is 1. The first-order valence-electron chi connectivity index (χ1n) is 8.87. The highest BCUT2D eigenvalue weighted by Gasteiger charge is 2.14. The van der Waals surface area contributed by atoms with Crippen molar-refractivity contribution in [2.24, 2.45) is 4.99 Å². The van der Waals surface area contributed by atoms with Crippen molar-refractivity contribution in [1.29, 1.82) is 0 Å². The Bertz CT molecular complexity index is 1030. The second-order valence-corrected chi connectivity index (χ2v) is 6.66. The van der Waals surface area contributed by atoms with E-state index in [4.69, 9.17) is 11.6 Å². The average molecular weight is 412 g/mol. The molecule has 0 saturated heterocycles. The Morgan fingerprint density at radius 2 is 2.00 bits per heavy atom. The third-order valence-corrected chi connectivity index (χ3v) is 4.64. The molecule has 144 valence electrons. The van der Waals surface area contributed by atoms with E-state index in [9.17, 15) is 4.79 Å². The van der Waals surface area contributed by atoms with Crippen molar-refractivity contribution in [1.82, 2.24) is 9.55 Å². The van der Waals surface area contributed by atoms with E-state index in [1.165, 1.54) is 28.7 Å². The van der Waals surface area contributed by atoms with Gasteiger partial charge in [0.25, 0.3) is 5.56 Å². The van der Waals surface area contributed by atoms with Gasteiger partial charge < -0.3 is 0 Å². The van der Waals surface area contributed by atoms with E-state index in [0.717, 1.165) is 10.6 Å². The van der Waals surface area contributed by atoms with Crippen LogP contribution in [0.25, 0.3) is 11.3 Å². The molecule has 1 aliphatic rings. The first-order chi connectivity index (χ1) is 13.6. The second-order valence-electron chi connectivity index (χ2n) is 5.43. The highest BCUT2D eigenvalue weighted by atomic mass is 35.5. The maximum absolute atomic E-state index is 12.6. The molecule has 2 heterocycles. The zero-order valence-electron chi connectivity index (χ0n) is 16.1. The maximum atomic E-state index is 12.6. The monoisotopic (exact) mass is 411 g/mol. The van der Waals surface area contributed by atoms with Gasteiger partial charge >= 0.3 is 0 Å². The fourth-order valence-electron chi connectivity index (χ4n) is 2.45. The third kappa shape index (κ3) is 5.23. The summed E-state index contributed by atoms with van der Waals surface area (Å²) in [6.45, 7) is 7.76. The van der Waals surface area contributed by atoms with Crippen LogP contribution < -0.4 is 5.56 Å². The molecule has 3 rings (SSSR count). The molecule has 0 saturated carbocycles. The Kier molecular flexibility index (Phi) is 8.27. The molecule has 0 bridgehead atoms. The van der Waals surface area contributed by atoms with Gasteiger partial charge in [0.2, 0.25) is 0 Å². The molecule has 1 aromatic carbocycles. The molecular weight excluding hydrogens is 390 g/mol. The lowest BCUT2D eigenvalue weighted by Crippen LogP contribution is -2.19. The Hall–Kier alpha value is -2.59. The molecular formula is C22H22ClN3OS. The number of aromatic nitrogens is 2. The molecule has 28 heavy (non-hydrogen) atoms. The fraction of sp³-hybridized carbons (Fsp3) is 0.182. The van der Waals surface area contributed by atoms with Gasteiger partial charge in [0, 0.05) is 22.9 Å². The Labute approximate surface area is 174 Å². The van der Waals surface area contributed by atoms with Gasteiger partial charge in [0.15, 0.2) is 0 Å². The smallest absolute Gasteiger partial charge is 0.258 e. The van der Waals surface area contributed by atoms with Gasteiger partial charge in [-0.1, -0.05) is 31.5 Å². The van der Waals surface area contributed by atoms with Crippen molar-refractivity contribution in [3.63, 3.8) is 0 Å². The van der Waals surface area contributed by atoms with Crippen molar-refractivity contribution in [3.8, 4) is 5.69 Å². The van der Waals surface area contributed by atoms with Gasteiger partial charge in [-0.25, -0.2) is 9.98 Å². The van der Waals surface area contributed by atoms with E-state index >= 15 is 0 Å². The van der Waals surface area contributed by atoms with Crippen LogP contribution in [0.5, 0.6) is 0 Å². The standard InChI is InChI=1S/C20H16ClN3OS.C2H6/c1-3-4-14-9-10-22-20(26-2)17(11-14)18-12-19(25)24(13-23-18)16-7-5-15(21)6-8-16;1-2/h3,5-10,12-13H,1,4H2,2H3;1-2H3. The largest absolute Gasteiger partial charge is 0.269 e. The number of thioether (sulfide) groups is 1. The van der Waals surface area contributed by atoms with E-state index in [-0.39, 0.29) is 5.56 Å². The molecule has 0 fully saturated rings. The molecule has 1 aromatic heterocycles. The van der Waals surface area contributed by atoms with Gasteiger partial charge in [0.05, 0.1) is 17.0 Å². The van der Waals surface area contributed by atoms with Crippen LogP contribution in [0.1, 0.15) is 26.0 Å². The fourth-order valence-corrected chi connectivity index (χ4v) is 3.10. The molecule has 1 aliphatic heterocycles. The highest BCUT2D eigenvalue weighted by molar-refractivity contribution is 8.14. The summed E-state index contributed by atoms with van der Waals surface area (Å²) in [5, 5.41) is 1.37. The minimum absolute atomic E-state index is 0.186. The third-order valence-electron chi connectivity index (χ3n) is 3.70. The van der Waals surface area contributed by atoms with Crippen molar-refractivity contribution in [2.75, 3.05) is 6.26 Å². The summed E-state index contributed by atoms with van der Waals surface area (Å²) in [7, 11) is 0. The number of rotatable bonds is 4. The average Bonchev–Trinajstić information content (AvgIpc) is 2.92. The predicted octanol–water partition coefficient (Wildman–Crippen LogP) is 5.69. The summed E-state index contributed by atoms with van der Waals surface area (Å²) in [5.74, 6) is 0. The number of hydrogen-bond donors (Lipinski definition) is 0. The van der Waals surface area contributed by atoms with Crippen molar-refractivity contribution < 1.29 is 0 Å². The Morgan fingerprint density at radius 3 is 2.61 bits per heavy atom. The summed E-state index contributed by atoms with van der Waals surface area (Å²) in [6.07, 6.45) is 9.54. The van der Waals surface area contributed by atoms with Gasteiger partial charge in [-0.15, -0.1) is 24.1 Å². The molecule has 4 nitrogen and oxygen atoms in total. The van der Waals surface area contributed by atoms with Crippen LogP contribution in [0, 0.1) is 0 Å². The number of halogens is 1. The van der Waals surface area contributed by atoms with Gasteiger partial charge in [-0.05, 0) is 43.0 Å². The normalized spacial score (nSPS) is 12.8. The Balaban J connectivity index is 0.00000136. The van der Waals surface area contributed by atoms with E-state index < -0.39 is 0 Å². The summed E-state index contributed by atoms with van der Waals surface area (Å²) in [6, 6.07) is 8.52. The summed E-state index contributed by atoms with van der Waals surface area (Å²) in [4.78, 5) is 21.5. The molecule has 0 N–H and O–H groups in total. The van der Waals surface area contributed by atoms with Crippen LogP contribution in [-0.2, 0) is 0 Å². The van der Waals surface area contributed by atoms with Crippen molar-refractivity contribution >= 4 is 34.0 Å². The second kappa shape index (κ2) is 10.7. The lowest BCUT2D eigenvalue weighted by atomic mass is 10.1. The Morgan fingerprint density at radius 1 is 1.29 bits per heavy atom. The molecule has 0 spiro atoms. The zero-order chi connectivity index (χ0) is 20.5. The number of hydrogen-bond acceptors (Lipinski definition) is 4. The van der Waals surface area contributed by atoms with Crippen molar-refractivity contribution in [3.05, 3.63) is 94.0 Å². The summed E-state index contributed by atoms with van der Waals surface area (Å²) < 4.78 is 1.47. The van der Waals surface area contributed by atoms with E-state index in [1.54, 1.807) is 36.5 Å². The topological polar surface area (TPSA) is 47.2 Å². The number of nitrogens with zero attached hydrogens (tertiary/aromatic N) is 3. The van der Waals surface area contributed by atoms with Crippen molar-refractivity contribution in [2.45, 2.75) is 20.3 Å². The van der Waals surface area contributed by atoms with Gasteiger partial charge in [-0.2, -0.15) is 0 Å². The summed E-state index contributed by atoms with van der Waals surface area (Å²) in [5.41, 5.74) is 6.03. The van der Waals surface area contributed by atoms with Gasteiger partial charge in [-0.3, -0.25) is 9.36 Å². The zero-order valence-corrected chi connectivity index (χ0v) is 17.7. The van der Waals surface area contributed by atoms with Crippen LogP contribution in [0.4, 0.5) is 0 Å². The van der Waals surface area contributed by atoms with E-state index in [2.05, 4.69) is 22.3 Å². The SMILES string of the molecule is C=CCC1=C=C(c2cc(=O)n(-c3ccc(Cl)cc3)cn2)C(SC)=NC=C1.CC. The van der Waals surface area contributed by atoms with E-state index in [1.807, 2.05) is 26.2 Å². The van der Waals surface area contributed by atoms with Crippen LogP contribution in [0.2, 0.25) is 5.02 Å². The molecule has 6 heteroatoms. The van der Waals surface area contributed by atoms with Crippen LogP contribution in [0.3, 0.4) is 0 Å². The molecule has 0 amide bonds. The van der Waals surface area contributed by atoms with Crippen LogP contribution >= 0.6 is 23.4 Å². The maximum Gasteiger partial charge on any atom is 0.258 e. The minimum Gasteiger partial charge on any atom is -0.269 e. The summed E-state index contributed by atoms with van der Waals surface area (Å²) >= 11 is 7.39. The lowest BCUT2D eigenvalue weighted by molar-refractivity contribution is 0.930. The molecule has 0 unspecified atom stereocenters. The number of benzene rings is 1.